The van der Waals surface area contributed by atoms with Crippen LogP contribution in [0.3, 0.4) is 0 Å². The van der Waals surface area contributed by atoms with Crippen molar-refractivity contribution in [3.05, 3.63) is 0 Å². The van der Waals surface area contributed by atoms with Crippen LogP contribution in [-0.2, 0) is 9.53 Å². The average Bonchev–Trinajstić information content (AvgIpc) is 2.63. The minimum Gasteiger partial charge on any atom is -0.381 e. The Labute approximate surface area is 98.9 Å². The van der Waals surface area contributed by atoms with Gasteiger partial charge in [-0.2, -0.15) is 0 Å². The highest BCUT2D eigenvalue weighted by atomic mass is 16.5. The van der Waals surface area contributed by atoms with Crippen molar-refractivity contribution in [3.8, 4) is 0 Å². The molecule has 0 aliphatic carbocycles. The fourth-order valence-corrected chi connectivity index (χ4v) is 2.40. The highest BCUT2D eigenvalue weighted by Crippen LogP contribution is 2.26. The van der Waals surface area contributed by atoms with Crippen LogP contribution in [0.5, 0.6) is 0 Å². The van der Waals surface area contributed by atoms with E-state index in [1.165, 1.54) is 0 Å². The van der Waals surface area contributed by atoms with Gasteiger partial charge in [-0.3, -0.25) is 4.79 Å². The molecule has 1 rings (SSSR count). The molecule has 16 heavy (non-hydrogen) atoms. The van der Waals surface area contributed by atoms with Crippen molar-refractivity contribution < 1.29 is 9.53 Å². The molecule has 1 aliphatic heterocycles. The molecular formula is C13H25NO2. The normalized spacial score (nSPS) is 23.5. The van der Waals surface area contributed by atoms with Gasteiger partial charge < -0.3 is 10.1 Å². The number of nitrogens with one attached hydrogen (secondary N) is 1. The number of ether oxygens (including phenoxy) is 1. The Balaban J connectivity index is 2.58. The molecule has 1 fully saturated rings. The van der Waals surface area contributed by atoms with E-state index in [-0.39, 0.29) is 23.3 Å². The highest BCUT2D eigenvalue weighted by molar-refractivity contribution is 5.79. The summed E-state index contributed by atoms with van der Waals surface area (Å²) in [5, 5.41) is 3.18. The molecule has 0 aromatic heterocycles. The van der Waals surface area contributed by atoms with Gasteiger partial charge in [-0.05, 0) is 17.8 Å². The molecule has 3 heteroatoms. The Kier molecular flexibility index (Phi) is 4.36. The van der Waals surface area contributed by atoms with E-state index in [4.69, 9.17) is 4.74 Å². The molecule has 0 aromatic carbocycles. The van der Waals surface area contributed by atoms with Crippen LogP contribution < -0.4 is 5.32 Å². The van der Waals surface area contributed by atoms with Crippen molar-refractivity contribution in [1.29, 1.82) is 0 Å². The molecule has 1 amide bonds. The standard InChI is InChI=1S/C13H25NO2/c1-9(2)11(13(3,4)5)14-12(15)10-6-7-16-8-10/h9-11H,6-8H2,1-5H3,(H,14,15). The van der Waals surface area contributed by atoms with Crippen LogP contribution >= 0.6 is 0 Å². The average molecular weight is 227 g/mol. The smallest absolute Gasteiger partial charge is 0.225 e. The summed E-state index contributed by atoms with van der Waals surface area (Å²) in [7, 11) is 0. The minimum atomic E-state index is 0.0589. The molecule has 0 spiro atoms. The van der Waals surface area contributed by atoms with Crippen LogP contribution in [0.1, 0.15) is 41.0 Å². The first-order valence-electron chi connectivity index (χ1n) is 6.20. The second-order valence-electron chi connectivity index (χ2n) is 6.16. The summed E-state index contributed by atoms with van der Waals surface area (Å²) < 4.78 is 5.25. The van der Waals surface area contributed by atoms with Crippen molar-refractivity contribution in [1.82, 2.24) is 5.32 Å². The maximum Gasteiger partial charge on any atom is 0.225 e. The molecular weight excluding hydrogens is 202 g/mol. The van der Waals surface area contributed by atoms with E-state index in [0.717, 1.165) is 13.0 Å². The third-order valence-electron chi connectivity index (χ3n) is 3.20. The van der Waals surface area contributed by atoms with Gasteiger partial charge in [0.15, 0.2) is 0 Å². The molecule has 0 bridgehead atoms. The number of hydrogen-bond acceptors (Lipinski definition) is 2. The molecule has 1 heterocycles. The van der Waals surface area contributed by atoms with E-state index in [2.05, 4.69) is 39.9 Å². The first-order chi connectivity index (χ1) is 7.32. The summed E-state index contributed by atoms with van der Waals surface area (Å²) in [6, 6.07) is 0.223. The van der Waals surface area contributed by atoms with E-state index < -0.39 is 0 Å². The van der Waals surface area contributed by atoms with Gasteiger partial charge in [0.1, 0.15) is 0 Å². The summed E-state index contributed by atoms with van der Waals surface area (Å²) in [5.41, 5.74) is 0.100. The van der Waals surface area contributed by atoms with E-state index in [9.17, 15) is 4.79 Å². The second kappa shape index (κ2) is 5.17. The van der Waals surface area contributed by atoms with Crippen LogP contribution in [0.2, 0.25) is 0 Å². The van der Waals surface area contributed by atoms with Gasteiger partial charge in [0.2, 0.25) is 5.91 Å². The predicted molar refractivity (Wildman–Crippen MR) is 65.1 cm³/mol. The quantitative estimate of drug-likeness (QED) is 0.802. The van der Waals surface area contributed by atoms with Crippen molar-refractivity contribution in [2.75, 3.05) is 13.2 Å². The molecule has 0 aromatic rings. The van der Waals surface area contributed by atoms with E-state index >= 15 is 0 Å². The van der Waals surface area contributed by atoms with Crippen molar-refractivity contribution in [2.24, 2.45) is 17.3 Å². The topological polar surface area (TPSA) is 38.3 Å². The zero-order valence-corrected chi connectivity index (χ0v) is 11.2. The summed E-state index contributed by atoms with van der Waals surface area (Å²) >= 11 is 0. The SMILES string of the molecule is CC(C)C(NC(=O)C1CCOC1)C(C)(C)C. The Hall–Kier alpha value is -0.570. The number of carbonyl (C=O) groups is 1. The van der Waals surface area contributed by atoms with Gasteiger partial charge in [-0.1, -0.05) is 34.6 Å². The van der Waals surface area contributed by atoms with Gasteiger partial charge in [0.05, 0.1) is 12.5 Å². The van der Waals surface area contributed by atoms with Crippen LogP contribution in [0.4, 0.5) is 0 Å². The maximum absolute atomic E-state index is 12.0. The zero-order chi connectivity index (χ0) is 12.3. The van der Waals surface area contributed by atoms with E-state index in [1.54, 1.807) is 0 Å². The highest BCUT2D eigenvalue weighted by Gasteiger charge is 2.32. The third-order valence-corrected chi connectivity index (χ3v) is 3.20. The van der Waals surface area contributed by atoms with Gasteiger partial charge in [0, 0.05) is 12.6 Å². The van der Waals surface area contributed by atoms with Gasteiger partial charge in [-0.25, -0.2) is 0 Å². The first kappa shape index (κ1) is 13.5. The lowest BCUT2D eigenvalue weighted by Crippen LogP contribution is -2.49. The number of hydrogen-bond donors (Lipinski definition) is 1. The monoisotopic (exact) mass is 227 g/mol. The number of amides is 1. The summed E-state index contributed by atoms with van der Waals surface area (Å²) in [6.07, 6.45) is 0.862. The molecule has 1 aliphatic rings. The number of rotatable bonds is 3. The molecule has 2 atom stereocenters. The predicted octanol–water partition coefficient (Wildman–Crippen LogP) is 2.21. The van der Waals surface area contributed by atoms with Crippen LogP contribution in [-0.4, -0.2) is 25.2 Å². The molecule has 94 valence electrons. The Bertz CT molecular complexity index is 237. The molecule has 0 radical (unpaired) electrons. The summed E-state index contributed by atoms with van der Waals surface area (Å²) in [4.78, 5) is 12.0. The Morgan fingerprint density at radius 1 is 1.38 bits per heavy atom. The fraction of sp³-hybridized carbons (Fsp3) is 0.923. The molecule has 1 N–H and O–H groups in total. The maximum atomic E-state index is 12.0. The van der Waals surface area contributed by atoms with E-state index in [0.29, 0.717) is 12.5 Å². The summed E-state index contributed by atoms with van der Waals surface area (Å²) in [5.74, 6) is 0.668. The lowest BCUT2D eigenvalue weighted by atomic mass is 9.80. The number of carbonyl (C=O) groups excluding carboxylic acids is 1. The van der Waals surface area contributed by atoms with Crippen LogP contribution in [0, 0.1) is 17.3 Å². The molecule has 1 saturated heterocycles. The van der Waals surface area contributed by atoms with Gasteiger partial charge >= 0.3 is 0 Å². The van der Waals surface area contributed by atoms with Crippen molar-refractivity contribution in [2.45, 2.75) is 47.1 Å². The second-order valence-corrected chi connectivity index (χ2v) is 6.16. The largest absolute Gasteiger partial charge is 0.381 e. The van der Waals surface area contributed by atoms with Crippen LogP contribution in [0.25, 0.3) is 0 Å². The first-order valence-corrected chi connectivity index (χ1v) is 6.20. The third kappa shape index (κ3) is 3.48. The zero-order valence-electron chi connectivity index (χ0n) is 11.2. The lowest BCUT2D eigenvalue weighted by molar-refractivity contribution is -0.126. The van der Waals surface area contributed by atoms with E-state index in [1.807, 2.05) is 0 Å². The molecule has 0 saturated carbocycles. The fourth-order valence-electron chi connectivity index (χ4n) is 2.40. The molecule has 3 nitrogen and oxygen atoms in total. The van der Waals surface area contributed by atoms with Gasteiger partial charge in [-0.15, -0.1) is 0 Å². The van der Waals surface area contributed by atoms with Gasteiger partial charge in [0.25, 0.3) is 0 Å². The lowest BCUT2D eigenvalue weighted by Gasteiger charge is -2.35. The molecule has 2 unspecified atom stereocenters. The summed E-state index contributed by atoms with van der Waals surface area (Å²) in [6.45, 7) is 12.1. The Morgan fingerprint density at radius 3 is 2.38 bits per heavy atom. The Morgan fingerprint density at radius 2 is 2.00 bits per heavy atom. The van der Waals surface area contributed by atoms with Crippen LogP contribution in [0.15, 0.2) is 0 Å². The van der Waals surface area contributed by atoms with Crippen molar-refractivity contribution in [3.63, 3.8) is 0 Å². The van der Waals surface area contributed by atoms with Crippen molar-refractivity contribution >= 4 is 5.91 Å². The minimum absolute atomic E-state index is 0.0589.